The van der Waals surface area contributed by atoms with Crippen LogP contribution in [0.5, 0.6) is 0 Å². The SMILES string of the molecule is Fc1ccc(-c2ccc(-c3nc(-c4ccccc4)nc(-n4c5ccccc5c5cc(-c6ccc7c(c6)c6ccccc6n7-c6ccccc6)ccc54)n3)cc2)cc1. The molecule has 0 unspecified atom stereocenters. The Labute approximate surface area is 327 Å². The molecule has 0 aliphatic carbocycles. The van der Waals surface area contributed by atoms with Crippen LogP contribution in [0.25, 0.3) is 100 Å². The van der Waals surface area contributed by atoms with Crippen molar-refractivity contribution in [1.82, 2.24) is 24.1 Å². The molecule has 0 bridgehead atoms. The van der Waals surface area contributed by atoms with E-state index in [9.17, 15) is 4.39 Å². The van der Waals surface area contributed by atoms with Crippen molar-refractivity contribution in [1.29, 1.82) is 0 Å². The van der Waals surface area contributed by atoms with Crippen molar-refractivity contribution in [2.75, 3.05) is 0 Å². The molecule has 0 spiro atoms. The molecule has 0 N–H and O–H groups in total. The van der Waals surface area contributed by atoms with Crippen molar-refractivity contribution in [3.05, 3.63) is 200 Å². The quantitative estimate of drug-likeness (QED) is 0.171. The van der Waals surface area contributed by atoms with Crippen LogP contribution in [0.15, 0.2) is 194 Å². The lowest BCUT2D eigenvalue weighted by Crippen LogP contribution is -2.06. The summed E-state index contributed by atoms with van der Waals surface area (Å²) in [6.07, 6.45) is 0. The van der Waals surface area contributed by atoms with Gasteiger partial charge in [0.15, 0.2) is 11.6 Å². The summed E-state index contributed by atoms with van der Waals surface area (Å²) in [4.78, 5) is 15.3. The first-order chi connectivity index (χ1) is 28.2. The largest absolute Gasteiger partial charge is 0.309 e. The van der Waals surface area contributed by atoms with Gasteiger partial charge in [0.2, 0.25) is 5.95 Å². The van der Waals surface area contributed by atoms with Gasteiger partial charge in [-0.25, -0.2) is 9.37 Å². The second-order valence-corrected chi connectivity index (χ2v) is 14.2. The standard InChI is InChI=1S/C51H32FN5/c52-39-27-23-34(24-28-39)33-19-21-36(22-20-33)50-53-49(35-11-3-1-4-12-35)54-51(55-50)57-46-18-10-8-16-42(46)44-32-38(26-30-48(44)57)37-25-29-47-43(31-37)41-15-7-9-17-45(41)56(47)40-13-5-2-6-14-40/h1-32H. The van der Waals surface area contributed by atoms with Gasteiger partial charge in [-0.1, -0.05) is 133 Å². The van der Waals surface area contributed by atoms with Gasteiger partial charge in [0.25, 0.3) is 0 Å². The van der Waals surface area contributed by atoms with Crippen LogP contribution in [-0.2, 0) is 0 Å². The highest BCUT2D eigenvalue weighted by atomic mass is 19.1. The molecule has 0 radical (unpaired) electrons. The lowest BCUT2D eigenvalue weighted by molar-refractivity contribution is 0.628. The van der Waals surface area contributed by atoms with Crippen LogP contribution in [0, 0.1) is 5.82 Å². The monoisotopic (exact) mass is 733 g/mol. The zero-order valence-corrected chi connectivity index (χ0v) is 30.6. The van der Waals surface area contributed by atoms with Gasteiger partial charge in [-0.3, -0.25) is 4.57 Å². The molecule has 0 amide bonds. The molecule has 0 atom stereocenters. The molecule has 11 rings (SSSR count). The molecule has 268 valence electrons. The molecule has 6 heteroatoms. The third-order valence-electron chi connectivity index (χ3n) is 10.9. The molecular weight excluding hydrogens is 702 g/mol. The fourth-order valence-corrected chi connectivity index (χ4v) is 8.14. The van der Waals surface area contributed by atoms with E-state index in [0.717, 1.165) is 60.9 Å². The maximum Gasteiger partial charge on any atom is 0.238 e. The van der Waals surface area contributed by atoms with E-state index in [1.807, 2.05) is 54.6 Å². The zero-order chi connectivity index (χ0) is 37.9. The van der Waals surface area contributed by atoms with Crippen LogP contribution in [-0.4, -0.2) is 24.1 Å². The molecule has 0 fully saturated rings. The van der Waals surface area contributed by atoms with Crippen molar-refractivity contribution < 1.29 is 4.39 Å². The Morgan fingerprint density at radius 2 is 0.737 bits per heavy atom. The first kappa shape index (κ1) is 32.7. The van der Waals surface area contributed by atoms with Crippen LogP contribution in [0.3, 0.4) is 0 Å². The van der Waals surface area contributed by atoms with Crippen LogP contribution >= 0.6 is 0 Å². The summed E-state index contributed by atoms with van der Waals surface area (Å²) in [5.74, 6) is 1.43. The first-order valence-electron chi connectivity index (χ1n) is 19.0. The van der Waals surface area contributed by atoms with E-state index in [1.165, 1.54) is 33.9 Å². The number of hydrogen-bond acceptors (Lipinski definition) is 3. The molecule has 3 heterocycles. The summed E-state index contributed by atoms with van der Waals surface area (Å²) >= 11 is 0. The Balaban J connectivity index is 1.06. The molecule has 0 aliphatic rings. The number of rotatable bonds is 6. The molecule has 0 saturated heterocycles. The molecule has 57 heavy (non-hydrogen) atoms. The van der Waals surface area contributed by atoms with Crippen molar-refractivity contribution in [3.8, 4) is 56.7 Å². The molecule has 3 aromatic heterocycles. The lowest BCUT2D eigenvalue weighted by Gasteiger charge is -2.11. The van der Waals surface area contributed by atoms with E-state index < -0.39 is 0 Å². The number of fused-ring (bicyclic) bond motifs is 6. The summed E-state index contributed by atoms with van der Waals surface area (Å²) in [6, 6.07) is 65.7. The molecule has 8 aromatic carbocycles. The molecule has 11 aromatic rings. The maximum atomic E-state index is 13.6. The predicted octanol–water partition coefficient (Wildman–Crippen LogP) is 12.9. The van der Waals surface area contributed by atoms with Gasteiger partial charge in [-0.05, 0) is 82.9 Å². The minimum atomic E-state index is -0.257. The number of para-hydroxylation sites is 3. The fourth-order valence-electron chi connectivity index (χ4n) is 8.14. The van der Waals surface area contributed by atoms with Gasteiger partial charge in [0.05, 0.1) is 22.1 Å². The Morgan fingerprint density at radius 3 is 1.33 bits per heavy atom. The van der Waals surface area contributed by atoms with E-state index >= 15 is 0 Å². The summed E-state index contributed by atoms with van der Waals surface area (Å²) < 4.78 is 18.1. The summed E-state index contributed by atoms with van der Waals surface area (Å²) in [7, 11) is 0. The predicted molar refractivity (Wildman–Crippen MR) is 230 cm³/mol. The van der Waals surface area contributed by atoms with Gasteiger partial charge < -0.3 is 4.57 Å². The van der Waals surface area contributed by atoms with E-state index in [1.54, 1.807) is 12.1 Å². The molecular formula is C51H32FN5. The zero-order valence-electron chi connectivity index (χ0n) is 30.6. The third kappa shape index (κ3) is 5.57. The topological polar surface area (TPSA) is 48.5 Å². The van der Waals surface area contributed by atoms with Gasteiger partial charge in [0.1, 0.15) is 5.82 Å². The Morgan fingerprint density at radius 1 is 0.316 bits per heavy atom. The number of halogens is 1. The van der Waals surface area contributed by atoms with Gasteiger partial charge >= 0.3 is 0 Å². The minimum absolute atomic E-state index is 0.257. The number of hydrogen-bond donors (Lipinski definition) is 0. The van der Waals surface area contributed by atoms with E-state index in [-0.39, 0.29) is 5.82 Å². The first-order valence-corrected chi connectivity index (χ1v) is 19.0. The second-order valence-electron chi connectivity index (χ2n) is 14.2. The highest BCUT2D eigenvalue weighted by molar-refractivity contribution is 6.12. The van der Waals surface area contributed by atoms with Gasteiger partial charge in [-0.15, -0.1) is 0 Å². The summed E-state index contributed by atoms with van der Waals surface area (Å²) in [5, 5.41) is 4.66. The lowest BCUT2D eigenvalue weighted by atomic mass is 10.0. The third-order valence-corrected chi connectivity index (χ3v) is 10.9. The number of benzene rings is 8. The van der Waals surface area contributed by atoms with Crippen LogP contribution in [0.1, 0.15) is 0 Å². The second kappa shape index (κ2) is 13.3. The highest BCUT2D eigenvalue weighted by Crippen LogP contribution is 2.38. The Bertz CT molecular complexity index is 3280. The van der Waals surface area contributed by atoms with E-state index in [4.69, 9.17) is 15.0 Å². The average Bonchev–Trinajstić information content (AvgIpc) is 3.79. The summed E-state index contributed by atoms with van der Waals surface area (Å²) in [5.41, 5.74) is 11.5. The van der Waals surface area contributed by atoms with Crippen LogP contribution < -0.4 is 0 Å². The van der Waals surface area contributed by atoms with Crippen molar-refractivity contribution in [2.45, 2.75) is 0 Å². The number of aromatic nitrogens is 5. The van der Waals surface area contributed by atoms with Gasteiger partial charge in [-0.2, -0.15) is 9.97 Å². The normalized spacial score (nSPS) is 11.6. The highest BCUT2D eigenvalue weighted by Gasteiger charge is 2.19. The Hall–Kier alpha value is -7.70. The van der Waals surface area contributed by atoms with Crippen molar-refractivity contribution in [3.63, 3.8) is 0 Å². The minimum Gasteiger partial charge on any atom is -0.309 e. The molecule has 5 nitrogen and oxygen atoms in total. The summed E-state index contributed by atoms with van der Waals surface area (Å²) in [6.45, 7) is 0. The fraction of sp³-hybridized carbons (Fsp3) is 0. The van der Waals surface area contributed by atoms with Crippen LogP contribution in [0.2, 0.25) is 0 Å². The van der Waals surface area contributed by atoms with Crippen LogP contribution in [0.4, 0.5) is 4.39 Å². The Kier molecular flexibility index (Phi) is 7.60. The maximum absolute atomic E-state index is 13.6. The van der Waals surface area contributed by atoms with E-state index in [0.29, 0.717) is 17.6 Å². The van der Waals surface area contributed by atoms with Gasteiger partial charge in [0, 0.05) is 38.4 Å². The average molecular weight is 734 g/mol. The smallest absolute Gasteiger partial charge is 0.238 e. The number of nitrogens with zero attached hydrogens (tertiary/aromatic N) is 5. The molecule has 0 aliphatic heterocycles. The molecule has 0 saturated carbocycles. The van der Waals surface area contributed by atoms with E-state index in [2.05, 4.69) is 124 Å². The van der Waals surface area contributed by atoms with Crippen molar-refractivity contribution in [2.24, 2.45) is 0 Å². The van der Waals surface area contributed by atoms with Crippen molar-refractivity contribution >= 4 is 43.6 Å².